The molecule has 2 amide bonds. The van der Waals surface area contributed by atoms with Gasteiger partial charge < -0.3 is 19.6 Å². The van der Waals surface area contributed by atoms with E-state index in [0.29, 0.717) is 23.9 Å². The molecule has 1 N–H and O–H groups in total. The lowest BCUT2D eigenvalue weighted by Gasteiger charge is -2.36. The van der Waals surface area contributed by atoms with Crippen molar-refractivity contribution in [3.05, 3.63) is 53.6 Å². The highest BCUT2D eigenvalue weighted by Crippen LogP contribution is 2.65. The van der Waals surface area contributed by atoms with Crippen molar-refractivity contribution in [1.29, 1.82) is 0 Å². The number of allylic oxidation sites excluding steroid dienone is 1. The van der Waals surface area contributed by atoms with E-state index in [1.165, 1.54) is 16.7 Å². The molecule has 5 rings (SSSR count). The number of hydrogen-bond acceptors (Lipinski definition) is 6. The third-order valence-corrected chi connectivity index (χ3v) is 9.28. The maximum atomic E-state index is 14.1. The van der Waals surface area contributed by atoms with Crippen LogP contribution in [0.3, 0.4) is 0 Å². The second-order valence-corrected chi connectivity index (χ2v) is 11.5. The summed E-state index contributed by atoms with van der Waals surface area (Å²) in [6.07, 6.45) is 9.43. The number of rotatable bonds is 3. The molecule has 0 radical (unpaired) electrons. The highest BCUT2D eigenvalue weighted by molar-refractivity contribution is 8.02. The SMILES string of the molecule is C[C@]12/C=C\CCCOC(=O)[C@H]1[C@H]1C(=O)N(CCO)C3C(=O)N(c4ccc(Cl)cc4)CC=C[C@@]31S2. The van der Waals surface area contributed by atoms with Crippen LogP contribution in [0.4, 0.5) is 5.69 Å². The van der Waals surface area contributed by atoms with Crippen LogP contribution in [0.1, 0.15) is 19.8 Å². The zero-order valence-corrected chi connectivity index (χ0v) is 20.4. The molecule has 0 bridgehead atoms. The Hall–Kier alpha value is -2.29. The molecule has 4 aliphatic rings. The number of amides is 2. The van der Waals surface area contributed by atoms with Gasteiger partial charge in [0.1, 0.15) is 6.04 Å². The Morgan fingerprint density at radius 2 is 1.88 bits per heavy atom. The molecule has 1 unspecified atom stereocenters. The number of ether oxygens (including phenoxy) is 1. The van der Waals surface area contributed by atoms with Crippen LogP contribution in [0.5, 0.6) is 0 Å². The number of cyclic esters (lactones) is 1. The number of β-amino-alcohol motifs (C(OH)–C–C–N with tert-alkyl or cyclic N) is 1. The van der Waals surface area contributed by atoms with E-state index in [-0.39, 0.29) is 25.0 Å². The Labute approximate surface area is 207 Å². The molecule has 0 saturated carbocycles. The first-order chi connectivity index (χ1) is 16.3. The van der Waals surface area contributed by atoms with E-state index in [2.05, 4.69) is 0 Å². The Morgan fingerprint density at radius 1 is 1.12 bits per heavy atom. The lowest BCUT2D eigenvalue weighted by atomic mass is 9.74. The number of hydrogen-bond donors (Lipinski definition) is 1. The summed E-state index contributed by atoms with van der Waals surface area (Å²) >= 11 is 7.55. The van der Waals surface area contributed by atoms with Gasteiger partial charge in [0.2, 0.25) is 5.91 Å². The van der Waals surface area contributed by atoms with Gasteiger partial charge in [-0.15, -0.1) is 11.8 Å². The van der Waals surface area contributed by atoms with Gasteiger partial charge in [0.15, 0.2) is 0 Å². The molecule has 9 heteroatoms. The molecule has 4 aliphatic heterocycles. The van der Waals surface area contributed by atoms with Gasteiger partial charge in [-0.1, -0.05) is 35.9 Å². The molecule has 34 heavy (non-hydrogen) atoms. The number of halogens is 1. The molecule has 7 nitrogen and oxygen atoms in total. The van der Waals surface area contributed by atoms with Crippen molar-refractivity contribution >= 4 is 46.8 Å². The number of likely N-dealkylation sites (tertiary alicyclic amines) is 1. The minimum absolute atomic E-state index is 0.0185. The average Bonchev–Trinajstić information content (AvgIpc) is 3.14. The molecule has 1 aromatic carbocycles. The van der Waals surface area contributed by atoms with Crippen LogP contribution in [0.15, 0.2) is 48.6 Å². The topological polar surface area (TPSA) is 87.1 Å². The van der Waals surface area contributed by atoms with Crippen molar-refractivity contribution in [3.63, 3.8) is 0 Å². The summed E-state index contributed by atoms with van der Waals surface area (Å²) in [6, 6.07) is 6.14. The number of fused-ring (bicyclic) bond motifs is 2. The first kappa shape index (κ1) is 23.5. The maximum Gasteiger partial charge on any atom is 0.311 e. The summed E-state index contributed by atoms with van der Waals surface area (Å²) in [6.45, 7) is 2.33. The van der Waals surface area contributed by atoms with Gasteiger partial charge in [0.25, 0.3) is 5.91 Å². The van der Waals surface area contributed by atoms with Crippen molar-refractivity contribution in [2.24, 2.45) is 11.8 Å². The smallest absolute Gasteiger partial charge is 0.311 e. The second-order valence-electron chi connectivity index (χ2n) is 9.29. The third kappa shape index (κ3) is 3.49. The quantitative estimate of drug-likeness (QED) is 0.505. The number of nitrogens with zero attached hydrogens (tertiary/aromatic N) is 2. The van der Waals surface area contributed by atoms with Crippen LogP contribution in [0.25, 0.3) is 0 Å². The lowest BCUT2D eigenvalue weighted by molar-refractivity contribution is -0.154. The molecule has 2 fully saturated rings. The van der Waals surface area contributed by atoms with E-state index in [9.17, 15) is 19.5 Å². The Balaban J connectivity index is 1.64. The number of benzene rings is 1. The average molecular weight is 503 g/mol. The van der Waals surface area contributed by atoms with Crippen LogP contribution in [-0.2, 0) is 19.1 Å². The number of thioether (sulfide) groups is 1. The first-order valence-corrected chi connectivity index (χ1v) is 12.7. The third-order valence-electron chi connectivity index (χ3n) is 7.23. The Bertz CT molecular complexity index is 1080. The summed E-state index contributed by atoms with van der Waals surface area (Å²) in [7, 11) is 0. The molecule has 0 aliphatic carbocycles. The Kier molecular flexibility index (Phi) is 6.02. The van der Waals surface area contributed by atoms with Gasteiger partial charge in [0.05, 0.1) is 29.8 Å². The van der Waals surface area contributed by atoms with Crippen molar-refractivity contribution in [3.8, 4) is 0 Å². The highest BCUT2D eigenvalue weighted by Gasteiger charge is 2.73. The first-order valence-electron chi connectivity index (χ1n) is 11.5. The number of anilines is 1. The fourth-order valence-electron chi connectivity index (χ4n) is 5.83. The van der Waals surface area contributed by atoms with Gasteiger partial charge in [0, 0.05) is 28.5 Å². The van der Waals surface area contributed by atoms with Crippen LogP contribution in [0.2, 0.25) is 5.02 Å². The fourth-order valence-corrected chi connectivity index (χ4v) is 8.11. The predicted octanol–water partition coefficient (Wildman–Crippen LogP) is 2.82. The number of esters is 1. The molecule has 180 valence electrons. The predicted molar refractivity (Wildman–Crippen MR) is 131 cm³/mol. The van der Waals surface area contributed by atoms with Gasteiger partial charge in [-0.05, 0) is 44.0 Å². The second kappa shape index (κ2) is 8.73. The maximum absolute atomic E-state index is 14.1. The lowest BCUT2D eigenvalue weighted by Crippen LogP contribution is -2.54. The monoisotopic (exact) mass is 502 g/mol. The summed E-state index contributed by atoms with van der Waals surface area (Å²) in [5, 5.41) is 10.3. The molecule has 1 spiro atoms. The number of aliphatic hydroxyl groups is 1. The van der Waals surface area contributed by atoms with E-state index >= 15 is 0 Å². The zero-order valence-electron chi connectivity index (χ0n) is 18.9. The molecular formula is C25H27ClN2O5S. The highest BCUT2D eigenvalue weighted by atomic mass is 35.5. The van der Waals surface area contributed by atoms with Crippen molar-refractivity contribution in [2.75, 3.05) is 31.2 Å². The number of carbonyl (C=O) groups excluding carboxylic acids is 3. The van der Waals surface area contributed by atoms with E-state index < -0.39 is 33.3 Å². The minimum atomic E-state index is -0.952. The summed E-state index contributed by atoms with van der Waals surface area (Å²) in [5.41, 5.74) is 0.673. The largest absolute Gasteiger partial charge is 0.465 e. The molecule has 4 heterocycles. The van der Waals surface area contributed by atoms with Crippen molar-refractivity contribution in [2.45, 2.75) is 35.3 Å². The van der Waals surface area contributed by atoms with E-state index in [4.69, 9.17) is 16.3 Å². The van der Waals surface area contributed by atoms with E-state index in [1.807, 2.05) is 31.2 Å². The van der Waals surface area contributed by atoms with Crippen LogP contribution in [0, 0.1) is 11.8 Å². The summed E-state index contributed by atoms with van der Waals surface area (Å²) in [5.74, 6) is -2.43. The number of carbonyl (C=O) groups is 3. The van der Waals surface area contributed by atoms with Crippen LogP contribution in [-0.4, -0.2) is 69.6 Å². The minimum Gasteiger partial charge on any atom is -0.465 e. The Morgan fingerprint density at radius 3 is 2.62 bits per heavy atom. The molecule has 1 aromatic rings. The zero-order chi connectivity index (χ0) is 24.1. The summed E-state index contributed by atoms with van der Waals surface area (Å²) in [4.78, 5) is 44.3. The van der Waals surface area contributed by atoms with Gasteiger partial charge in [-0.3, -0.25) is 14.4 Å². The normalized spacial score (nSPS) is 36.1. The standard InChI is InChI=1S/C25H27ClN2O5S/c1-24-10-3-2-4-15-33-23(32)19(24)18-21(30)28(13-14-29)20-22(31)27(12-5-11-25(18,20)34-24)17-8-6-16(26)7-9-17/h3,5-11,18-20,29H,2,4,12-15H2,1H3/b10-3-/t18-,19+,20?,24-,25-/m0/s1. The van der Waals surface area contributed by atoms with Crippen molar-refractivity contribution < 1.29 is 24.2 Å². The summed E-state index contributed by atoms with van der Waals surface area (Å²) < 4.78 is 3.93. The van der Waals surface area contributed by atoms with Gasteiger partial charge >= 0.3 is 5.97 Å². The van der Waals surface area contributed by atoms with E-state index in [0.717, 1.165) is 12.8 Å². The molecule has 2 saturated heterocycles. The number of aliphatic hydroxyl groups excluding tert-OH is 1. The van der Waals surface area contributed by atoms with Crippen LogP contribution < -0.4 is 4.90 Å². The van der Waals surface area contributed by atoms with E-state index in [1.54, 1.807) is 29.2 Å². The van der Waals surface area contributed by atoms with Crippen LogP contribution >= 0.6 is 23.4 Å². The molecule has 5 atom stereocenters. The van der Waals surface area contributed by atoms with Gasteiger partial charge in [-0.25, -0.2) is 0 Å². The van der Waals surface area contributed by atoms with Crippen molar-refractivity contribution in [1.82, 2.24) is 4.90 Å². The van der Waals surface area contributed by atoms with Gasteiger partial charge in [-0.2, -0.15) is 0 Å². The molecular weight excluding hydrogens is 476 g/mol. The molecule has 0 aromatic heterocycles. The fraction of sp³-hybridized carbons (Fsp3) is 0.480.